The highest BCUT2D eigenvalue weighted by Gasteiger charge is 2.38. The molecule has 0 radical (unpaired) electrons. The second-order valence-electron chi connectivity index (χ2n) is 6.56. The van der Waals surface area contributed by atoms with Crippen LogP contribution in [0.4, 0.5) is 5.69 Å². The van der Waals surface area contributed by atoms with Gasteiger partial charge in [0.1, 0.15) is 0 Å². The SMILES string of the molecule is CCCCCCN=CC1C(=O)NC(=S)N(c2cccc3ccccc23)C1=O. The summed E-state index contributed by atoms with van der Waals surface area (Å²) in [4.78, 5) is 31.0. The number of aliphatic imine (C=N–C) groups is 1. The summed E-state index contributed by atoms with van der Waals surface area (Å²) >= 11 is 5.29. The molecule has 140 valence electrons. The summed E-state index contributed by atoms with van der Waals surface area (Å²) in [5, 5.41) is 4.65. The molecule has 27 heavy (non-hydrogen) atoms. The number of fused-ring (bicyclic) bond motifs is 1. The normalized spacial score (nSPS) is 17.7. The molecule has 1 aliphatic rings. The first-order valence-corrected chi connectivity index (χ1v) is 9.71. The van der Waals surface area contributed by atoms with Crippen LogP contribution in [0.2, 0.25) is 0 Å². The lowest BCUT2D eigenvalue weighted by atomic mass is 10.0. The van der Waals surface area contributed by atoms with Crippen molar-refractivity contribution in [2.24, 2.45) is 10.9 Å². The number of hydrogen-bond acceptors (Lipinski definition) is 4. The Bertz CT molecular complexity index is 889. The Kier molecular flexibility index (Phi) is 6.29. The van der Waals surface area contributed by atoms with Gasteiger partial charge in [-0.05, 0) is 30.1 Å². The third-order valence-electron chi connectivity index (χ3n) is 4.60. The first kappa shape index (κ1) is 19.2. The minimum atomic E-state index is -0.957. The number of benzene rings is 2. The summed E-state index contributed by atoms with van der Waals surface area (Å²) in [6.07, 6.45) is 5.85. The van der Waals surface area contributed by atoms with Gasteiger partial charge in [-0.3, -0.25) is 19.5 Å². The average Bonchev–Trinajstić information content (AvgIpc) is 2.66. The molecule has 0 bridgehead atoms. The minimum absolute atomic E-state index is 0.106. The zero-order valence-electron chi connectivity index (χ0n) is 15.4. The van der Waals surface area contributed by atoms with Crippen molar-refractivity contribution in [2.45, 2.75) is 32.6 Å². The maximum absolute atomic E-state index is 13.0. The molecular formula is C21H23N3O2S. The van der Waals surface area contributed by atoms with E-state index in [1.165, 1.54) is 17.5 Å². The monoisotopic (exact) mass is 381 g/mol. The van der Waals surface area contributed by atoms with E-state index in [1.807, 2.05) is 42.5 Å². The molecule has 1 N–H and O–H groups in total. The number of unbranched alkanes of at least 4 members (excludes halogenated alkanes) is 3. The highest BCUT2D eigenvalue weighted by molar-refractivity contribution is 7.80. The van der Waals surface area contributed by atoms with Gasteiger partial charge in [0.25, 0.3) is 5.91 Å². The number of amides is 2. The minimum Gasteiger partial charge on any atom is -0.301 e. The topological polar surface area (TPSA) is 61.8 Å². The fourth-order valence-corrected chi connectivity index (χ4v) is 3.45. The van der Waals surface area contributed by atoms with Gasteiger partial charge >= 0.3 is 0 Å². The van der Waals surface area contributed by atoms with E-state index in [0.717, 1.165) is 30.0 Å². The Hall–Kier alpha value is -2.60. The lowest BCUT2D eigenvalue weighted by Crippen LogP contribution is -2.58. The number of anilines is 1. The lowest BCUT2D eigenvalue weighted by Gasteiger charge is -2.31. The molecule has 5 nitrogen and oxygen atoms in total. The van der Waals surface area contributed by atoms with Crippen LogP contribution in [-0.2, 0) is 9.59 Å². The van der Waals surface area contributed by atoms with Gasteiger partial charge in [0.2, 0.25) is 5.91 Å². The van der Waals surface area contributed by atoms with Crippen LogP contribution >= 0.6 is 12.2 Å². The maximum Gasteiger partial charge on any atom is 0.251 e. The van der Waals surface area contributed by atoms with Gasteiger partial charge in [-0.2, -0.15) is 0 Å². The van der Waals surface area contributed by atoms with Gasteiger partial charge in [0, 0.05) is 18.1 Å². The summed E-state index contributed by atoms with van der Waals surface area (Å²) in [7, 11) is 0. The van der Waals surface area contributed by atoms with Crippen LogP contribution in [-0.4, -0.2) is 29.7 Å². The molecule has 1 aliphatic heterocycles. The number of rotatable bonds is 7. The molecule has 2 aromatic rings. The fourth-order valence-electron chi connectivity index (χ4n) is 3.16. The van der Waals surface area contributed by atoms with Crippen molar-refractivity contribution in [1.82, 2.24) is 5.32 Å². The van der Waals surface area contributed by atoms with Gasteiger partial charge in [-0.1, -0.05) is 62.6 Å². The number of carbonyl (C=O) groups is 2. The van der Waals surface area contributed by atoms with Crippen molar-refractivity contribution in [1.29, 1.82) is 0 Å². The van der Waals surface area contributed by atoms with Gasteiger partial charge in [0.05, 0.1) is 5.69 Å². The zero-order valence-corrected chi connectivity index (χ0v) is 16.2. The van der Waals surface area contributed by atoms with E-state index < -0.39 is 11.8 Å². The van der Waals surface area contributed by atoms with Crippen molar-refractivity contribution in [3.8, 4) is 0 Å². The predicted octanol–water partition coefficient (Wildman–Crippen LogP) is 3.85. The number of nitrogens with zero attached hydrogens (tertiary/aromatic N) is 2. The van der Waals surface area contributed by atoms with Gasteiger partial charge in [-0.25, -0.2) is 0 Å². The molecular weight excluding hydrogens is 358 g/mol. The van der Waals surface area contributed by atoms with Crippen LogP contribution in [0, 0.1) is 5.92 Å². The molecule has 0 saturated carbocycles. The van der Waals surface area contributed by atoms with E-state index in [1.54, 1.807) is 0 Å². The number of nitrogens with one attached hydrogen (secondary N) is 1. The molecule has 0 spiro atoms. The van der Waals surface area contributed by atoms with Crippen LogP contribution < -0.4 is 10.2 Å². The molecule has 1 saturated heterocycles. The van der Waals surface area contributed by atoms with Gasteiger partial charge < -0.3 is 5.32 Å². The predicted molar refractivity (Wildman–Crippen MR) is 113 cm³/mol. The largest absolute Gasteiger partial charge is 0.301 e. The van der Waals surface area contributed by atoms with Crippen LogP contribution in [0.25, 0.3) is 10.8 Å². The molecule has 2 amide bonds. The van der Waals surface area contributed by atoms with Crippen molar-refractivity contribution >= 4 is 51.8 Å². The molecule has 0 aromatic heterocycles. The Morgan fingerprint density at radius 3 is 2.70 bits per heavy atom. The molecule has 6 heteroatoms. The first-order valence-electron chi connectivity index (χ1n) is 9.30. The molecule has 1 fully saturated rings. The van der Waals surface area contributed by atoms with Crippen LogP contribution in [0.3, 0.4) is 0 Å². The van der Waals surface area contributed by atoms with Crippen LogP contribution in [0.5, 0.6) is 0 Å². The number of thiocarbonyl (C=S) groups is 1. The van der Waals surface area contributed by atoms with Gasteiger partial charge in [-0.15, -0.1) is 0 Å². The lowest BCUT2D eigenvalue weighted by molar-refractivity contribution is -0.130. The van der Waals surface area contributed by atoms with E-state index in [2.05, 4.69) is 17.2 Å². The molecule has 1 atom stereocenters. The van der Waals surface area contributed by atoms with Crippen LogP contribution in [0.1, 0.15) is 32.6 Å². The second kappa shape index (κ2) is 8.86. The summed E-state index contributed by atoms with van der Waals surface area (Å²) in [6, 6.07) is 13.5. The van der Waals surface area contributed by atoms with E-state index in [9.17, 15) is 9.59 Å². The van der Waals surface area contributed by atoms with Crippen molar-refractivity contribution in [2.75, 3.05) is 11.4 Å². The Balaban J connectivity index is 1.83. The first-order chi connectivity index (χ1) is 13.1. The quantitative estimate of drug-likeness (QED) is 0.343. The molecule has 2 aromatic carbocycles. The average molecular weight is 382 g/mol. The highest BCUT2D eigenvalue weighted by atomic mass is 32.1. The van der Waals surface area contributed by atoms with E-state index in [4.69, 9.17) is 12.2 Å². The summed E-state index contributed by atoms with van der Waals surface area (Å²) in [5.74, 6) is -1.74. The summed E-state index contributed by atoms with van der Waals surface area (Å²) in [5.41, 5.74) is 0.671. The number of hydrogen-bond donors (Lipinski definition) is 1. The Morgan fingerprint density at radius 2 is 1.89 bits per heavy atom. The van der Waals surface area contributed by atoms with E-state index >= 15 is 0 Å². The van der Waals surface area contributed by atoms with Gasteiger partial charge in [0.15, 0.2) is 11.0 Å². The third kappa shape index (κ3) is 4.22. The smallest absolute Gasteiger partial charge is 0.251 e. The second-order valence-corrected chi connectivity index (χ2v) is 6.95. The van der Waals surface area contributed by atoms with Crippen molar-refractivity contribution in [3.05, 3.63) is 42.5 Å². The maximum atomic E-state index is 13.0. The Morgan fingerprint density at radius 1 is 1.11 bits per heavy atom. The number of carbonyl (C=O) groups excluding carboxylic acids is 2. The summed E-state index contributed by atoms with van der Waals surface area (Å²) < 4.78 is 0. The highest BCUT2D eigenvalue weighted by Crippen LogP contribution is 2.29. The molecule has 0 aliphatic carbocycles. The summed E-state index contributed by atoms with van der Waals surface area (Å²) in [6.45, 7) is 2.77. The zero-order chi connectivity index (χ0) is 19.2. The van der Waals surface area contributed by atoms with Crippen molar-refractivity contribution < 1.29 is 9.59 Å². The third-order valence-corrected chi connectivity index (χ3v) is 4.89. The molecule has 3 rings (SSSR count). The van der Waals surface area contributed by atoms with Crippen molar-refractivity contribution in [3.63, 3.8) is 0 Å². The van der Waals surface area contributed by atoms with Crippen LogP contribution in [0.15, 0.2) is 47.5 Å². The molecule has 1 heterocycles. The fraction of sp³-hybridized carbons (Fsp3) is 0.333. The Labute approximate surface area is 164 Å². The standard InChI is InChI=1S/C21H23N3O2S/c1-2-3-4-7-13-22-14-17-19(25)23-21(27)24(20(17)26)18-12-8-10-15-9-5-6-11-16(15)18/h5-6,8-12,14,17H,2-4,7,13H2,1H3,(H,23,25,27). The molecule has 1 unspecified atom stereocenters. The van der Waals surface area contributed by atoms with E-state index in [-0.39, 0.29) is 11.0 Å². The van der Waals surface area contributed by atoms with E-state index in [0.29, 0.717) is 12.2 Å².